The molecule has 20 heavy (non-hydrogen) atoms. The lowest BCUT2D eigenvalue weighted by Gasteiger charge is -2.22. The molecule has 6 heteroatoms. The summed E-state index contributed by atoms with van der Waals surface area (Å²) in [6, 6.07) is 3.96. The number of amides is 1. The minimum absolute atomic E-state index is 0.0870. The van der Waals surface area contributed by atoms with Gasteiger partial charge in [0.25, 0.3) is 0 Å². The number of aromatic nitrogens is 2. The first kappa shape index (κ1) is 14.7. The molecule has 0 aliphatic heterocycles. The second-order valence-electron chi connectivity index (χ2n) is 5.14. The molecule has 0 spiro atoms. The maximum absolute atomic E-state index is 11.9. The van der Waals surface area contributed by atoms with Crippen LogP contribution in [0.5, 0.6) is 0 Å². The maximum atomic E-state index is 11.9. The lowest BCUT2D eigenvalue weighted by Crippen LogP contribution is -2.39. The van der Waals surface area contributed by atoms with Crippen LogP contribution in [0.1, 0.15) is 22.2 Å². The molecule has 0 saturated heterocycles. The van der Waals surface area contributed by atoms with Crippen molar-refractivity contribution in [1.29, 1.82) is 0 Å². The second kappa shape index (κ2) is 5.76. The van der Waals surface area contributed by atoms with Crippen LogP contribution in [0.25, 0.3) is 0 Å². The summed E-state index contributed by atoms with van der Waals surface area (Å²) < 4.78 is 1.63. The number of hydrogen-bond donors (Lipinski definition) is 2. The van der Waals surface area contributed by atoms with Crippen molar-refractivity contribution < 1.29 is 9.90 Å². The average molecular weight is 293 g/mol. The first-order chi connectivity index (χ1) is 9.37. The van der Waals surface area contributed by atoms with Gasteiger partial charge in [-0.2, -0.15) is 5.10 Å². The number of rotatable bonds is 5. The highest BCUT2D eigenvalue weighted by molar-refractivity contribution is 7.12. The van der Waals surface area contributed by atoms with Crippen LogP contribution in [0.4, 0.5) is 0 Å². The molecule has 2 aromatic heterocycles. The average Bonchev–Trinajstić information content (AvgIpc) is 2.96. The summed E-state index contributed by atoms with van der Waals surface area (Å²) in [6.45, 7) is 3.85. The molecule has 0 saturated carbocycles. The lowest BCUT2D eigenvalue weighted by atomic mass is 10.00. The van der Waals surface area contributed by atoms with Crippen LogP contribution in [-0.4, -0.2) is 27.3 Å². The Morgan fingerprint density at radius 3 is 2.85 bits per heavy atom. The normalized spacial score (nSPS) is 14.0. The Morgan fingerprint density at radius 2 is 2.30 bits per heavy atom. The van der Waals surface area contributed by atoms with Gasteiger partial charge in [0.05, 0.1) is 19.2 Å². The van der Waals surface area contributed by atoms with Crippen molar-refractivity contribution in [2.75, 3.05) is 6.54 Å². The van der Waals surface area contributed by atoms with E-state index in [2.05, 4.69) is 10.4 Å². The van der Waals surface area contributed by atoms with Crippen LogP contribution < -0.4 is 5.32 Å². The molecule has 0 bridgehead atoms. The summed E-state index contributed by atoms with van der Waals surface area (Å²) in [6.07, 6.45) is 3.70. The highest BCUT2D eigenvalue weighted by atomic mass is 32.1. The summed E-state index contributed by atoms with van der Waals surface area (Å²) in [7, 11) is 1.79. The quantitative estimate of drug-likeness (QED) is 0.874. The standard InChI is InChI=1S/C14H19N3O2S/c1-10-4-5-12(20-10)6-13(18)15-9-14(2,19)11-7-16-17(3)8-11/h4-5,7-8,19H,6,9H2,1-3H3,(H,15,18). The Balaban J connectivity index is 1.89. The van der Waals surface area contributed by atoms with Crippen molar-refractivity contribution in [1.82, 2.24) is 15.1 Å². The number of nitrogens with one attached hydrogen (secondary N) is 1. The van der Waals surface area contributed by atoms with Crippen LogP contribution in [0.15, 0.2) is 24.5 Å². The first-order valence-electron chi connectivity index (χ1n) is 6.40. The summed E-state index contributed by atoms with van der Waals surface area (Å²) in [5.74, 6) is -0.0870. The van der Waals surface area contributed by atoms with Gasteiger partial charge in [-0.1, -0.05) is 0 Å². The van der Waals surface area contributed by atoms with Gasteiger partial charge in [0, 0.05) is 28.6 Å². The van der Waals surface area contributed by atoms with E-state index in [9.17, 15) is 9.90 Å². The van der Waals surface area contributed by atoms with Gasteiger partial charge in [-0.3, -0.25) is 9.48 Å². The zero-order chi connectivity index (χ0) is 14.8. The molecule has 0 fully saturated rings. The Labute approximate surface area is 122 Å². The monoisotopic (exact) mass is 293 g/mol. The van der Waals surface area contributed by atoms with E-state index < -0.39 is 5.60 Å². The lowest BCUT2D eigenvalue weighted by molar-refractivity contribution is -0.121. The zero-order valence-electron chi connectivity index (χ0n) is 11.9. The van der Waals surface area contributed by atoms with Gasteiger partial charge in [0.2, 0.25) is 5.91 Å². The molecule has 1 unspecified atom stereocenters. The number of aryl methyl sites for hydroxylation is 2. The first-order valence-corrected chi connectivity index (χ1v) is 7.22. The van der Waals surface area contributed by atoms with Crippen LogP contribution in [0, 0.1) is 6.92 Å². The Bertz CT molecular complexity index is 601. The fraction of sp³-hybridized carbons (Fsp3) is 0.429. The fourth-order valence-corrected chi connectivity index (χ4v) is 2.76. The van der Waals surface area contributed by atoms with Gasteiger partial charge < -0.3 is 10.4 Å². The number of hydrogen-bond acceptors (Lipinski definition) is 4. The summed E-state index contributed by atoms with van der Waals surface area (Å²) in [5, 5.41) is 17.1. The highest BCUT2D eigenvalue weighted by Gasteiger charge is 2.25. The number of nitrogens with zero attached hydrogens (tertiary/aromatic N) is 2. The molecule has 1 amide bonds. The van der Waals surface area contributed by atoms with E-state index in [1.807, 2.05) is 19.1 Å². The molecule has 5 nitrogen and oxygen atoms in total. The molecule has 1 atom stereocenters. The number of carbonyl (C=O) groups excluding carboxylic acids is 1. The van der Waals surface area contributed by atoms with Crippen molar-refractivity contribution in [2.24, 2.45) is 7.05 Å². The minimum Gasteiger partial charge on any atom is -0.383 e. The molecule has 0 aromatic carbocycles. The SMILES string of the molecule is Cc1ccc(CC(=O)NCC(C)(O)c2cnn(C)c2)s1. The van der Waals surface area contributed by atoms with E-state index in [4.69, 9.17) is 0 Å². The molecule has 0 radical (unpaired) electrons. The molecule has 2 rings (SSSR count). The highest BCUT2D eigenvalue weighted by Crippen LogP contribution is 2.19. The number of thiophene rings is 1. The third kappa shape index (κ3) is 3.68. The Kier molecular flexibility index (Phi) is 4.25. The topological polar surface area (TPSA) is 67.2 Å². The molecule has 2 heterocycles. The molecular weight excluding hydrogens is 274 g/mol. The van der Waals surface area contributed by atoms with Crippen LogP contribution in [-0.2, 0) is 23.9 Å². The zero-order valence-corrected chi connectivity index (χ0v) is 12.7. The second-order valence-corrected chi connectivity index (χ2v) is 6.51. The van der Waals surface area contributed by atoms with Crippen LogP contribution in [0.3, 0.4) is 0 Å². The van der Waals surface area contributed by atoms with Gasteiger partial charge in [-0.15, -0.1) is 11.3 Å². The predicted molar refractivity (Wildman–Crippen MR) is 78.5 cm³/mol. The van der Waals surface area contributed by atoms with E-state index in [1.54, 1.807) is 42.4 Å². The summed E-state index contributed by atoms with van der Waals surface area (Å²) in [4.78, 5) is 14.1. The van der Waals surface area contributed by atoms with Crippen molar-refractivity contribution in [3.05, 3.63) is 39.8 Å². The van der Waals surface area contributed by atoms with E-state index in [0.717, 1.165) is 4.88 Å². The van der Waals surface area contributed by atoms with Crippen molar-refractivity contribution in [3.8, 4) is 0 Å². The maximum Gasteiger partial charge on any atom is 0.225 e. The van der Waals surface area contributed by atoms with Gasteiger partial charge in [-0.05, 0) is 26.0 Å². The van der Waals surface area contributed by atoms with E-state index in [1.165, 1.54) is 4.88 Å². The molecule has 0 aliphatic carbocycles. The molecule has 108 valence electrons. The smallest absolute Gasteiger partial charge is 0.225 e. The van der Waals surface area contributed by atoms with E-state index in [0.29, 0.717) is 12.0 Å². The van der Waals surface area contributed by atoms with Crippen molar-refractivity contribution in [2.45, 2.75) is 25.9 Å². The van der Waals surface area contributed by atoms with Gasteiger partial charge in [-0.25, -0.2) is 0 Å². The van der Waals surface area contributed by atoms with Gasteiger partial charge in [0.15, 0.2) is 0 Å². The summed E-state index contributed by atoms with van der Waals surface area (Å²) >= 11 is 1.61. The third-order valence-corrected chi connectivity index (χ3v) is 4.09. The molecule has 0 aliphatic rings. The van der Waals surface area contributed by atoms with Crippen LogP contribution >= 0.6 is 11.3 Å². The fourth-order valence-electron chi connectivity index (χ4n) is 1.87. The number of aliphatic hydroxyl groups is 1. The molecule has 2 aromatic rings. The Morgan fingerprint density at radius 1 is 1.55 bits per heavy atom. The van der Waals surface area contributed by atoms with E-state index in [-0.39, 0.29) is 12.5 Å². The number of carbonyl (C=O) groups is 1. The van der Waals surface area contributed by atoms with Crippen molar-refractivity contribution in [3.63, 3.8) is 0 Å². The minimum atomic E-state index is -1.12. The third-order valence-electron chi connectivity index (χ3n) is 3.09. The Hall–Kier alpha value is -1.66. The summed E-state index contributed by atoms with van der Waals surface area (Å²) in [5.41, 5.74) is -0.429. The van der Waals surface area contributed by atoms with Gasteiger partial charge >= 0.3 is 0 Å². The molecule has 2 N–H and O–H groups in total. The predicted octanol–water partition coefficient (Wildman–Crippen LogP) is 1.36. The van der Waals surface area contributed by atoms with E-state index >= 15 is 0 Å². The molecular formula is C14H19N3O2S. The van der Waals surface area contributed by atoms with Crippen LogP contribution in [0.2, 0.25) is 0 Å². The largest absolute Gasteiger partial charge is 0.383 e. The van der Waals surface area contributed by atoms with Crippen molar-refractivity contribution >= 4 is 17.2 Å². The van der Waals surface area contributed by atoms with Gasteiger partial charge in [0.1, 0.15) is 5.60 Å².